The van der Waals surface area contributed by atoms with Crippen molar-refractivity contribution in [1.82, 2.24) is 9.96 Å². The SMILES string of the molecule is CC#CCOc1ccc(S(=O)(=O)CC2(C(N)=O)CCN(C(=O)N(O)CC)CC2)cc1. The summed E-state index contributed by atoms with van der Waals surface area (Å²) in [5.41, 5.74) is 4.30. The van der Waals surface area contributed by atoms with Gasteiger partial charge in [-0.2, -0.15) is 0 Å². The van der Waals surface area contributed by atoms with Gasteiger partial charge in [0.2, 0.25) is 5.91 Å². The Morgan fingerprint density at radius 3 is 2.37 bits per heavy atom. The topological polar surface area (TPSA) is 130 Å². The number of nitrogens with zero attached hydrogens (tertiary/aromatic N) is 2. The number of ether oxygens (including phenoxy) is 1. The van der Waals surface area contributed by atoms with Crippen LogP contribution >= 0.6 is 0 Å². The van der Waals surface area contributed by atoms with Gasteiger partial charge in [0, 0.05) is 19.6 Å². The third-order valence-corrected chi connectivity index (χ3v) is 7.09. The number of urea groups is 1. The van der Waals surface area contributed by atoms with E-state index in [1.54, 1.807) is 13.8 Å². The molecule has 0 aromatic heterocycles. The van der Waals surface area contributed by atoms with Crippen LogP contribution in [0.4, 0.5) is 4.79 Å². The number of nitrogens with two attached hydrogens (primary N) is 1. The van der Waals surface area contributed by atoms with Crippen molar-refractivity contribution in [3.63, 3.8) is 0 Å². The minimum absolute atomic E-state index is 0.0584. The molecule has 0 spiro atoms. The predicted octanol–water partition coefficient (Wildman–Crippen LogP) is 1.26. The minimum Gasteiger partial charge on any atom is -0.481 e. The minimum atomic E-state index is -3.81. The second-order valence-corrected chi connectivity index (χ2v) is 9.07. The number of hydrogen-bond donors (Lipinski definition) is 2. The Bertz CT molecular complexity index is 926. The summed E-state index contributed by atoms with van der Waals surface area (Å²) in [5, 5.41) is 10.2. The molecule has 10 heteroatoms. The number of rotatable bonds is 7. The molecule has 9 nitrogen and oxygen atoms in total. The molecule has 3 N–H and O–H groups in total. The quantitative estimate of drug-likeness (QED) is 0.375. The van der Waals surface area contributed by atoms with Gasteiger partial charge in [0.1, 0.15) is 12.4 Å². The van der Waals surface area contributed by atoms with Crippen molar-refractivity contribution in [3.8, 4) is 17.6 Å². The van der Waals surface area contributed by atoms with Crippen LogP contribution in [0.3, 0.4) is 0 Å². The lowest BCUT2D eigenvalue weighted by atomic mass is 9.79. The Kier molecular flexibility index (Phi) is 7.70. The first-order valence-corrected chi connectivity index (χ1v) is 11.2. The van der Waals surface area contributed by atoms with E-state index in [0.717, 1.165) is 0 Å². The van der Waals surface area contributed by atoms with Crippen molar-refractivity contribution in [2.45, 2.75) is 31.6 Å². The van der Waals surface area contributed by atoms with Gasteiger partial charge in [0.25, 0.3) is 0 Å². The second-order valence-electron chi connectivity index (χ2n) is 7.08. The molecule has 1 aromatic rings. The van der Waals surface area contributed by atoms with Crippen LogP contribution in [0.15, 0.2) is 29.2 Å². The van der Waals surface area contributed by atoms with Crippen LogP contribution in [0.2, 0.25) is 0 Å². The Morgan fingerprint density at radius 1 is 1.27 bits per heavy atom. The van der Waals surface area contributed by atoms with Gasteiger partial charge < -0.3 is 15.4 Å². The third-order valence-electron chi connectivity index (χ3n) is 5.17. The number of carbonyl (C=O) groups excluding carboxylic acids is 2. The Labute approximate surface area is 176 Å². The smallest absolute Gasteiger partial charge is 0.343 e. The van der Waals surface area contributed by atoms with E-state index < -0.39 is 32.9 Å². The Hall–Kier alpha value is -2.77. The molecule has 1 saturated heterocycles. The second kappa shape index (κ2) is 9.82. The molecule has 30 heavy (non-hydrogen) atoms. The fourth-order valence-corrected chi connectivity index (χ4v) is 5.14. The van der Waals surface area contributed by atoms with Gasteiger partial charge in [-0.15, -0.1) is 5.92 Å². The molecule has 1 fully saturated rings. The van der Waals surface area contributed by atoms with E-state index in [2.05, 4.69) is 11.8 Å². The van der Waals surface area contributed by atoms with E-state index in [0.29, 0.717) is 10.8 Å². The van der Waals surface area contributed by atoms with Crippen molar-refractivity contribution in [2.75, 3.05) is 32.0 Å². The number of primary amides is 1. The number of piperidine rings is 1. The molecule has 1 heterocycles. The standard InChI is InChI=1S/C20H27N3O6S/c1-3-5-14-29-16-6-8-17(9-7-16)30(27,28)15-20(18(21)24)10-12-22(13-11-20)19(25)23(26)4-2/h6-9,26H,4,10-15H2,1-2H3,(H2,21,24). The van der Waals surface area contributed by atoms with Crippen molar-refractivity contribution < 1.29 is 28.0 Å². The molecular weight excluding hydrogens is 410 g/mol. The molecular formula is C20H27N3O6S. The van der Waals surface area contributed by atoms with E-state index in [1.807, 2.05) is 0 Å². The molecule has 2 rings (SSSR count). The summed E-state index contributed by atoms with van der Waals surface area (Å²) >= 11 is 0. The van der Waals surface area contributed by atoms with Gasteiger partial charge in [0.05, 0.1) is 16.1 Å². The van der Waals surface area contributed by atoms with Crippen LogP contribution in [0.1, 0.15) is 26.7 Å². The Balaban J connectivity index is 2.13. The average Bonchev–Trinajstić information content (AvgIpc) is 2.73. The first kappa shape index (κ1) is 23.5. The van der Waals surface area contributed by atoms with Gasteiger partial charge >= 0.3 is 6.03 Å². The zero-order chi connectivity index (χ0) is 22.4. The first-order chi connectivity index (χ1) is 14.1. The molecule has 0 bridgehead atoms. The molecule has 0 radical (unpaired) electrons. The average molecular weight is 438 g/mol. The molecule has 3 amide bonds. The lowest BCUT2D eigenvalue weighted by Crippen LogP contribution is -2.53. The highest BCUT2D eigenvalue weighted by Crippen LogP contribution is 2.35. The molecule has 0 unspecified atom stereocenters. The number of amides is 3. The van der Waals surface area contributed by atoms with Crippen molar-refractivity contribution >= 4 is 21.8 Å². The van der Waals surface area contributed by atoms with Crippen molar-refractivity contribution in [1.29, 1.82) is 0 Å². The van der Waals surface area contributed by atoms with Gasteiger partial charge in [-0.1, -0.05) is 5.92 Å². The van der Waals surface area contributed by atoms with Gasteiger partial charge in [-0.3, -0.25) is 10.0 Å². The van der Waals surface area contributed by atoms with E-state index in [4.69, 9.17) is 10.5 Å². The summed E-state index contributed by atoms with van der Waals surface area (Å²) in [5.74, 6) is 4.76. The summed E-state index contributed by atoms with van der Waals surface area (Å²) in [4.78, 5) is 25.7. The third kappa shape index (κ3) is 5.43. The zero-order valence-corrected chi connectivity index (χ0v) is 17.9. The normalized spacial score (nSPS) is 15.6. The van der Waals surface area contributed by atoms with Gasteiger partial charge in [0.15, 0.2) is 9.84 Å². The number of benzene rings is 1. The summed E-state index contributed by atoms with van der Waals surface area (Å²) in [6.07, 6.45) is 0.198. The maximum atomic E-state index is 13.0. The molecule has 164 valence electrons. The summed E-state index contributed by atoms with van der Waals surface area (Å²) in [6.45, 7) is 3.88. The van der Waals surface area contributed by atoms with Crippen LogP contribution in [0.25, 0.3) is 0 Å². The number of likely N-dealkylation sites (tertiary alicyclic amines) is 1. The largest absolute Gasteiger partial charge is 0.481 e. The van der Waals surface area contributed by atoms with Crippen LogP contribution < -0.4 is 10.5 Å². The number of hydrogen-bond acceptors (Lipinski definition) is 6. The van der Waals surface area contributed by atoms with E-state index in [-0.39, 0.29) is 44.0 Å². The van der Waals surface area contributed by atoms with Crippen molar-refractivity contribution in [3.05, 3.63) is 24.3 Å². The first-order valence-electron chi connectivity index (χ1n) is 9.55. The summed E-state index contributed by atoms with van der Waals surface area (Å²) in [6, 6.07) is 5.32. The van der Waals surface area contributed by atoms with Crippen molar-refractivity contribution in [2.24, 2.45) is 11.1 Å². The van der Waals surface area contributed by atoms with E-state index in [9.17, 15) is 23.2 Å². The fraction of sp³-hybridized carbons (Fsp3) is 0.500. The predicted molar refractivity (Wildman–Crippen MR) is 109 cm³/mol. The van der Waals surface area contributed by atoms with Gasteiger partial charge in [-0.05, 0) is 51.0 Å². The zero-order valence-electron chi connectivity index (χ0n) is 17.1. The summed E-state index contributed by atoms with van der Waals surface area (Å²) in [7, 11) is -3.81. The van der Waals surface area contributed by atoms with E-state index in [1.165, 1.54) is 29.2 Å². The molecule has 0 saturated carbocycles. The highest BCUT2D eigenvalue weighted by atomic mass is 32.2. The summed E-state index contributed by atoms with van der Waals surface area (Å²) < 4.78 is 31.3. The number of carbonyl (C=O) groups is 2. The maximum absolute atomic E-state index is 13.0. The highest BCUT2D eigenvalue weighted by Gasteiger charge is 2.45. The molecule has 1 aliphatic heterocycles. The molecule has 0 atom stereocenters. The van der Waals surface area contributed by atoms with Crippen LogP contribution in [-0.4, -0.2) is 67.5 Å². The number of sulfone groups is 1. The number of hydroxylamine groups is 2. The molecule has 1 aromatic carbocycles. The van der Waals surface area contributed by atoms with E-state index >= 15 is 0 Å². The van der Waals surface area contributed by atoms with Crippen LogP contribution in [0, 0.1) is 17.3 Å². The van der Waals surface area contributed by atoms with Crippen LogP contribution in [0.5, 0.6) is 5.75 Å². The Morgan fingerprint density at radius 2 is 1.87 bits per heavy atom. The highest BCUT2D eigenvalue weighted by molar-refractivity contribution is 7.91. The lowest BCUT2D eigenvalue weighted by molar-refractivity contribution is -0.129. The molecule has 0 aliphatic carbocycles. The lowest BCUT2D eigenvalue weighted by Gasteiger charge is -2.40. The van der Waals surface area contributed by atoms with Crippen LogP contribution in [-0.2, 0) is 14.6 Å². The monoisotopic (exact) mass is 437 g/mol. The fourth-order valence-electron chi connectivity index (χ4n) is 3.27. The maximum Gasteiger partial charge on any atom is 0.343 e. The van der Waals surface area contributed by atoms with Gasteiger partial charge in [-0.25, -0.2) is 18.3 Å². The molecule has 1 aliphatic rings.